The fraction of sp³-hybridized carbons (Fsp3) is 0.0800. The summed E-state index contributed by atoms with van der Waals surface area (Å²) in [6.07, 6.45) is 1.87. The Morgan fingerprint density at radius 3 is 1.93 bits per heavy atom. The summed E-state index contributed by atoms with van der Waals surface area (Å²) in [5.74, 6) is 0.182. The van der Waals surface area contributed by atoms with E-state index in [-0.39, 0.29) is 32.2 Å². The van der Waals surface area contributed by atoms with Crippen LogP contribution in [0.25, 0.3) is 83.5 Å². The summed E-state index contributed by atoms with van der Waals surface area (Å²) in [6.45, 7) is 6.63. The minimum absolute atomic E-state index is 0. The summed E-state index contributed by atoms with van der Waals surface area (Å²) in [4.78, 5) is 9.87. The van der Waals surface area contributed by atoms with Crippen LogP contribution in [0.1, 0.15) is 26.3 Å². The molecule has 9 aromatic rings. The third kappa shape index (κ3) is 6.79. The number of hydrogen-bond donors (Lipinski definition) is 1. The van der Waals surface area contributed by atoms with Crippen molar-refractivity contribution in [1.82, 2.24) is 14.5 Å². The van der Waals surface area contributed by atoms with E-state index in [9.17, 15) is 5.11 Å². The van der Waals surface area contributed by atoms with Gasteiger partial charge in [0.15, 0.2) is 0 Å². The number of rotatable bonds is 6. The Kier molecular flexibility index (Phi) is 9.55. The van der Waals surface area contributed by atoms with Crippen molar-refractivity contribution in [1.29, 1.82) is 0 Å². The van der Waals surface area contributed by atoms with Gasteiger partial charge in [-0.25, -0.2) is 0 Å². The van der Waals surface area contributed by atoms with Gasteiger partial charge in [-0.05, 0) is 81.8 Å². The summed E-state index contributed by atoms with van der Waals surface area (Å²) in [6, 6.07) is 60.1. The van der Waals surface area contributed by atoms with Gasteiger partial charge in [-0.3, -0.25) is 9.97 Å². The van der Waals surface area contributed by atoms with Gasteiger partial charge in [0.25, 0.3) is 0 Å². The Balaban J connectivity index is 0.00000427. The van der Waals surface area contributed by atoms with E-state index < -0.39 is 0 Å². The molecule has 0 saturated carbocycles. The molecule has 0 amide bonds. The Morgan fingerprint density at radius 1 is 0.527 bits per heavy atom. The molecule has 0 aliphatic carbocycles. The maximum absolute atomic E-state index is 11.0. The van der Waals surface area contributed by atoms with Crippen molar-refractivity contribution >= 4 is 21.8 Å². The average Bonchev–Trinajstić information content (AvgIpc) is 3.54. The zero-order valence-electron chi connectivity index (χ0n) is 30.8. The predicted octanol–water partition coefficient (Wildman–Crippen LogP) is 12.7. The minimum atomic E-state index is -0.00614. The van der Waals surface area contributed by atoms with Crippen LogP contribution in [0.15, 0.2) is 170 Å². The number of phenols is 1. The molecule has 0 fully saturated rings. The molecule has 1 N–H and O–H groups in total. The second kappa shape index (κ2) is 14.6. The van der Waals surface area contributed by atoms with Crippen molar-refractivity contribution in [3.8, 4) is 67.5 Å². The van der Waals surface area contributed by atoms with Crippen molar-refractivity contribution in [2.45, 2.75) is 26.2 Å². The van der Waals surface area contributed by atoms with Gasteiger partial charge in [-0.1, -0.05) is 129 Å². The van der Waals surface area contributed by atoms with Crippen molar-refractivity contribution in [3.05, 3.63) is 182 Å². The number of aromatic hydroxyl groups is 1. The third-order valence-corrected chi connectivity index (χ3v) is 10.2. The number of para-hydroxylation sites is 3. The van der Waals surface area contributed by atoms with Crippen LogP contribution in [0.4, 0.5) is 0 Å². The monoisotopic (exact) mass is 891 g/mol. The number of benzene rings is 6. The molecular weight excluding hydrogens is 854 g/mol. The molecule has 0 aliphatic rings. The maximum atomic E-state index is 11.0. The van der Waals surface area contributed by atoms with Gasteiger partial charge in [-0.15, -0.1) is 24.3 Å². The Hall–Kier alpha value is -6.09. The summed E-state index contributed by atoms with van der Waals surface area (Å²) in [5, 5.41) is 13.5. The van der Waals surface area contributed by atoms with E-state index in [1.54, 1.807) is 6.07 Å². The number of pyridine rings is 2. The first-order valence-electron chi connectivity index (χ1n) is 18.3. The zero-order valence-corrected chi connectivity index (χ0v) is 33.0. The number of hydrogen-bond acceptors (Lipinski definition) is 3. The third-order valence-electron chi connectivity index (χ3n) is 10.2. The van der Waals surface area contributed by atoms with Crippen LogP contribution in [0.2, 0.25) is 0 Å². The molecule has 0 atom stereocenters. The average molecular weight is 892 g/mol. The molecule has 0 bridgehead atoms. The van der Waals surface area contributed by atoms with E-state index in [1.165, 1.54) is 21.9 Å². The summed E-state index contributed by atoms with van der Waals surface area (Å²) in [5.41, 5.74) is 13.7. The number of phenolic OH excluding ortho intramolecular Hbond substituents is 1. The van der Waals surface area contributed by atoms with Crippen LogP contribution in [-0.4, -0.2) is 19.6 Å². The SMILES string of the molecule is CC(C)(C)c1ccnc(-c2[c-]c(-c3cc(-c4ccccc4-c4ccc5c6ccccc6n(-c6ccccc6)c5c4)cc(-c4ccccc4O)n3)ccc2)c1.[Pt]. The van der Waals surface area contributed by atoms with Gasteiger partial charge in [0.1, 0.15) is 5.75 Å². The van der Waals surface area contributed by atoms with Gasteiger partial charge in [-0.2, -0.15) is 0 Å². The second-order valence-corrected chi connectivity index (χ2v) is 14.8. The second-order valence-electron chi connectivity index (χ2n) is 14.8. The first-order chi connectivity index (χ1) is 26.3. The first-order valence-corrected chi connectivity index (χ1v) is 18.3. The summed E-state index contributed by atoms with van der Waals surface area (Å²) in [7, 11) is 0. The predicted molar refractivity (Wildman–Crippen MR) is 223 cm³/mol. The molecule has 55 heavy (non-hydrogen) atoms. The van der Waals surface area contributed by atoms with Crippen LogP contribution in [-0.2, 0) is 26.5 Å². The van der Waals surface area contributed by atoms with Crippen molar-refractivity contribution in [2.24, 2.45) is 0 Å². The molecule has 4 nitrogen and oxygen atoms in total. The molecule has 0 radical (unpaired) electrons. The van der Waals surface area contributed by atoms with E-state index in [0.717, 1.165) is 56.0 Å². The van der Waals surface area contributed by atoms with E-state index in [1.807, 2.05) is 42.6 Å². The van der Waals surface area contributed by atoms with Crippen LogP contribution < -0.4 is 0 Å². The Bertz CT molecular complexity index is 2830. The van der Waals surface area contributed by atoms with Crippen LogP contribution in [0, 0.1) is 6.07 Å². The molecule has 0 spiro atoms. The molecule has 0 saturated heterocycles. The standard InChI is InChI=1S/C50H38N3O.Pt/c1-50(2,3)37-26-27-51-44(32-37)34-14-13-15-35(28-34)45-29-36(30-46(52-45)43-21-10-12-23-49(43)54)40-19-8-7-18-39(40)33-24-25-42-41-20-9-11-22-47(41)53(48(42)31-33)38-16-5-4-6-17-38;/h4-27,29-32,54H,1-3H3;/q-1;. The van der Waals surface area contributed by atoms with Crippen molar-refractivity contribution < 1.29 is 26.2 Å². The van der Waals surface area contributed by atoms with Crippen molar-refractivity contribution in [3.63, 3.8) is 0 Å². The number of aromatic nitrogens is 3. The van der Waals surface area contributed by atoms with Gasteiger partial charge in [0, 0.05) is 60.7 Å². The van der Waals surface area contributed by atoms with E-state index in [0.29, 0.717) is 11.3 Å². The molecule has 270 valence electrons. The van der Waals surface area contributed by atoms with E-state index in [4.69, 9.17) is 9.97 Å². The van der Waals surface area contributed by atoms with E-state index in [2.05, 4.69) is 153 Å². The van der Waals surface area contributed by atoms with Gasteiger partial charge >= 0.3 is 0 Å². The molecule has 5 heteroatoms. The largest absolute Gasteiger partial charge is 0.507 e. The first kappa shape index (κ1) is 35.9. The Morgan fingerprint density at radius 2 is 1.16 bits per heavy atom. The topological polar surface area (TPSA) is 50.9 Å². The molecular formula is C50H38N3OPt-. The fourth-order valence-electron chi connectivity index (χ4n) is 7.44. The molecule has 0 aliphatic heterocycles. The smallest absolute Gasteiger partial charge is 0.124 e. The van der Waals surface area contributed by atoms with Gasteiger partial charge in [0.2, 0.25) is 0 Å². The van der Waals surface area contributed by atoms with Crippen LogP contribution >= 0.6 is 0 Å². The number of nitrogens with zero attached hydrogens (tertiary/aromatic N) is 3. The fourth-order valence-corrected chi connectivity index (χ4v) is 7.44. The van der Waals surface area contributed by atoms with Gasteiger partial charge in [0.05, 0.1) is 16.7 Å². The molecule has 6 aromatic carbocycles. The maximum Gasteiger partial charge on any atom is 0.124 e. The molecule has 0 unspecified atom stereocenters. The molecule has 9 rings (SSSR count). The van der Waals surface area contributed by atoms with E-state index >= 15 is 0 Å². The Labute approximate surface area is 336 Å². The minimum Gasteiger partial charge on any atom is -0.507 e. The quantitative estimate of drug-likeness (QED) is 0.169. The summed E-state index contributed by atoms with van der Waals surface area (Å²) >= 11 is 0. The van der Waals surface area contributed by atoms with Gasteiger partial charge < -0.3 is 9.67 Å². The normalized spacial score (nSPS) is 11.5. The zero-order chi connectivity index (χ0) is 36.8. The molecule has 3 heterocycles. The van der Waals surface area contributed by atoms with Crippen molar-refractivity contribution in [2.75, 3.05) is 0 Å². The number of fused-ring (bicyclic) bond motifs is 3. The molecule has 3 aromatic heterocycles. The van der Waals surface area contributed by atoms with Crippen LogP contribution in [0.5, 0.6) is 5.75 Å². The summed E-state index contributed by atoms with van der Waals surface area (Å²) < 4.78 is 2.35. The van der Waals surface area contributed by atoms with Crippen LogP contribution in [0.3, 0.4) is 0 Å².